The van der Waals surface area contributed by atoms with Gasteiger partial charge in [-0.15, -0.1) is 0 Å². The molecule has 1 saturated carbocycles. The number of halogens is 1. The average Bonchev–Trinajstić information content (AvgIpc) is 3.79. The van der Waals surface area contributed by atoms with Gasteiger partial charge in [0.05, 0.1) is 17.8 Å². The largest absolute Gasteiger partial charge is 0.477 e. The van der Waals surface area contributed by atoms with Gasteiger partial charge < -0.3 is 19.5 Å². The van der Waals surface area contributed by atoms with Crippen LogP contribution in [0.2, 0.25) is 5.02 Å². The molecule has 2 N–H and O–H groups in total. The third-order valence-electron chi connectivity index (χ3n) is 9.31. The zero-order chi connectivity index (χ0) is 32.0. The molecule has 0 spiro atoms. The first kappa shape index (κ1) is 31.8. The molecule has 1 aromatic heterocycles. The topological polar surface area (TPSA) is 118 Å². The maximum atomic E-state index is 13.5. The highest BCUT2D eigenvalue weighted by Gasteiger charge is 2.54. The second kappa shape index (κ2) is 11.9. The highest BCUT2D eigenvalue weighted by atomic mass is 35.5. The molecule has 3 heterocycles. The third-order valence-corrected chi connectivity index (χ3v) is 10.8. The van der Waals surface area contributed by atoms with Crippen molar-refractivity contribution < 1.29 is 27.8 Å². The van der Waals surface area contributed by atoms with Crippen LogP contribution in [0.25, 0.3) is 0 Å². The van der Waals surface area contributed by atoms with Crippen LogP contribution in [0.3, 0.4) is 0 Å². The van der Waals surface area contributed by atoms with Crippen molar-refractivity contribution in [1.29, 1.82) is 0 Å². The van der Waals surface area contributed by atoms with E-state index in [0.29, 0.717) is 62.0 Å². The molecule has 45 heavy (non-hydrogen) atoms. The van der Waals surface area contributed by atoms with E-state index in [-0.39, 0.29) is 16.5 Å². The number of piperidine rings is 1. The van der Waals surface area contributed by atoms with Crippen LogP contribution in [0.5, 0.6) is 5.75 Å². The van der Waals surface area contributed by atoms with Gasteiger partial charge in [-0.25, -0.2) is 9.71 Å². The lowest BCUT2D eigenvalue weighted by Gasteiger charge is -2.39. The van der Waals surface area contributed by atoms with Crippen LogP contribution in [-0.4, -0.2) is 55.3 Å². The summed E-state index contributed by atoms with van der Waals surface area (Å²) in [7, 11) is -4.28. The minimum absolute atomic E-state index is 0.125. The molecule has 1 aliphatic carbocycles. The minimum atomic E-state index is -4.28. The predicted octanol–water partition coefficient (Wildman–Crippen LogP) is 5.62. The van der Waals surface area contributed by atoms with Crippen molar-refractivity contribution in [2.24, 2.45) is 0 Å². The van der Waals surface area contributed by atoms with Crippen LogP contribution >= 0.6 is 11.6 Å². The van der Waals surface area contributed by atoms with Crippen LogP contribution in [0.1, 0.15) is 75.0 Å². The Labute approximate surface area is 270 Å². The molecule has 2 saturated heterocycles. The van der Waals surface area contributed by atoms with E-state index in [4.69, 9.17) is 21.1 Å². The summed E-state index contributed by atoms with van der Waals surface area (Å²) in [5.74, 6) is 0.481. The van der Waals surface area contributed by atoms with Crippen LogP contribution in [0.15, 0.2) is 65.7 Å². The number of aryl methyl sites for hydroxylation is 1. The molecule has 3 aromatic rings. The number of sulfonamides is 1. The SMILES string of the molecule is Cc1ccc(C2CCC(C)(C)OC2)c(OC2(C(=O)NS(=O)(=O)c3cccc(N4CCC(O)(c5ccc(Cl)cc5)CC4)n3)CC2)c1. The second-order valence-electron chi connectivity index (χ2n) is 13.2. The van der Waals surface area contributed by atoms with Gasteiger partial charge in [0.2, 0.25) is 0 Å². The number of benzene rings is 2. The maximum absolute atomic E-state index is 13.5. The molecule has 0 bridgehead atoms. The molecule has 1 amide bonds. The van der Waals surface area contributed by atoms with E-state index < -0.39 is 27.1 Å². The van der Waals surface area contributed by atoms with Crippen molar-refractivity contribution >= 4 is 33.3 Å². The van der Waals surface area contributed by atoms with E-state index in [2.05, 4.69) is 23.6 Å². The fraction of sp³-hybridized carbons (Fsp3) is 0.471. The Hall–Kier alpha value is -3.18. The highest BCUT2D eigenvalue weighted by Crippen LogP contribution is 2.45. The summed E-state index contributed by atoms with van der Waals surface area (Å²) >= 11 is 6.01. The minimum Gasteiger partial charge on any atom is -0.477 e. The first-order valence-corrected chi connectivity index (χ1v) is 17.4. The molecular weight excluding hydrogens is 614 g/mol. The number of hydrogen-bond acceptors (Lipinski definition) is 8. The number of ether oxygens (including phenoxy) is 2. The lowest BCUT2D eigenvalue weighted by molar-refractivity contribution is -0.128. The van der Waals surface area contributed by atoms with Crippen LogP contribution in [0, 0.1) is 6.92 Å². The van der Waals surface area contributed by atoms with E-state index in [1.54, 1.807) is 24.3 Å². The first-order valence-electron chi connectivity index (χ1n) is 15.5. The Kier molecular flexibility index (Phi) is 8.39. The van der Waals surface area contributed by atoms with E-state index in [0.717, 1.165) is 29.5 Å². The van der Waals surface area contributed by atoms with E-state index in [1.165, 1.54) is 6.07 Å². The zero-order valence-electron chi connectivity index (χ0n) is 25.9. The molecule has 1 atom stereocenters. The molecule has 9 nitrogen and oxygen atoms in total. The molecule has 6 rings (SSSR count). The fourth-order valence-electron chi connectivity index (χ4n) is 6.17. The van der Waals surface area contributed by atoms with Crippen molar-refractivity contribution in [3.8, 4) is 5.75 Å². The summed E-state index contributed by atoms with van der Waals surface area (Å²) in [6, 6.07) is 17.8. The molecular formula is C34H40ClN3O6S. The smallest absolute Gasteiger partial charge is 0.281 e. The predicted molar refractivity (Wildman–Crippen MR) is 172 cm³/mol. The molecule has 3 aliphatic rings. The summed E-state index contributed by atoms with van der Waals surface area (Å²) in [6.45, 7) is 7.63. The number of nitrogens with zero attached hydrogens (tertiary/aromatic N) is 2. The summed E-state index contributed by atoms with van der Waals surface area (Å²) in [4.78, 5) is 19.8. The summed E-state index contributed by atoms with van der Waals surface area (Å²) in [5.41, 5.74) is 0.310. The normalized spacial score (nSPS) is 22.0. The van der Waals surface area contributed by atoms with Gasteiger partial charge >= 0.3 is 0 Å². The van der Waals surface area contributed by atoms with Crippen LogP contribution < -0.4 is 14.4 Å². The molecule has 240 valence electrons. The Balaban J connectivity index is 1.13. The van der Waals surface area contributed by atoms with E-state index in [9.17, 15) is 18.3 Å². The van der Waals surface area contributed by atoms with Crippen molar-refractivity contribution in [2.45, 2.75) is 87.0 Å². The Morgan fingerprint density at radius 2 is 1.76 bits per heavy atom. The maximum Gasteiger partial charge on any atom is 0.281 e. The third kappa shape index (κ3) is 6.84. The van der Waals surface area contributed by atoms with Gasteiger partial charge in [0.15, 0.2) is 10.6 Å². The molecule has 2 aromatic carbocycles. The van der Waals surface area contributed by atoms with Gasteiger partial charge in [-0.05, 0) is 93.5 Å². The standard InChI is InChI=1S/C34H40ClN3O6S/c1-23-7-12-27(24-13-14-32(2,3)43-22-24)28(21-23)44-34(15-16-34)31(39)37-45(41,42)30-6-4-5-29(36-30)38-19-17-33(40,18-20-38)25-8-10-26(35)11-9-25/h4-12,21,24,40H,13-20,22H2,1-3H3,(H,37,39). The van der Waals surface area contributed by atoms with E-state index in [1.807, 2.05) is 42.2 Å². The Morgan fingerprint density at radius 1 is 1.04 bits per heavy atom. The summed E-state index contributed by atoms with van der Waals surface area (Å²) in [6.07, 6.45) is 3.54. The van der Waals surface area contributed by atoms with Crippen LogP contribution in [-0.2, 0) is 25.2 Å². The van der Waals surface area contributed by atoms with E-state index >= 15 is 0 Å². The van der Waals surface area contributed by atoms with Crippen molar-refractivity contribution in [2.75, 3.05) is 24.6 Å². The van der Waals surface area contributed by atoms with Crippen molar-refractivity contribution in [3.63, 3.8) is 0 Å². The number of carbonyl (C=O) groups is 1. The Morgan fingerprint density at radius 3 is 2.40 bits per heavy atom. The van der Waals surface area contributed by atoms with Gasteiger partial charge in [-0.1, -0.05) is 41.9 Å². The van der Waals surface area contributed by atoms with Gasteiger partial charge in [-0.3, -0.25) is 4.79 Å². The number of rotatable bonds is 8. The highest BCUT2D eigenvalue weighted by molar-refractivity contribution is 7.90. The number of carbonyl (C=O) groups excluding carboxylic acids is 1. The lowest BCUT2D eigenvalue weighted by Crippen LogP contribution is -2.44. The number of hydrogen-bond donors (Lipinski definition) is 2. The van der Waals surface area contributed by atoms with Gasteiger partial charge in [0, 0.05) is 36.9 Å². The zero-order valence-corrected chi connectivity index (χ0v) is 27.5. The first-order chi connectivity index (χ1) is 21.3. The quantitative estimate of drug-likeness (QED) is 0.322. The lowest BCUT2D eigenvalue weighted by atomic mass is 9.84. The summed E-state index contributed by atoms with van der Waals surface area (Å²) in [5, 5.41) is 11.6. The molecule has 3 fully saturated rings. The fourth-order valence-corrected chi connectivity index (χ4v) is 7.30. The van der Waals surface area contributed by atoms with Crippen molar-refractivity contribution in [1.82, 2.24) is 9.71 Å². The molecule has 0 radical (unpaired) electrons. The van der Waals surface area contributed by atoms with Gasteiger partial charge in [0.25, 0.3) is 15.9 Å². The number of amides is 1. The van der Waals surface area contributed by atoms with Gasteiger partial charge in [-0.2, -0.15) is 8.42 Å². The second-order valence-corrected chi connectivity index (χ2v) is 15.3. The number of nitrogens with one attached hydrogen (secondary N) is 1. The Bertz CT molecular complexity index is 1670. The van der Waals surface area contributed by atoms with Gasteiger partial charge in [0.1, 0.15) is 11.6 Å². The van der Waals surface area contributed by atoms with Crippen LogP contribution in [0.4, 0.5) is 5.82 Å². The number of anilines is 1. The number of pyridine rings is 1. The molecule has 2 aliphatic heterocycles. The monoisotopic (exact) mass is 653 g/mol. The summed E-state index contributed by atoms with van der Waals surface area (Å²) < 4.78 is 41.5. The molecule has 11 heteroatoms. The number of aliphatic hydroxyl groups is 1. The average molecular weight is 654 g/mol. The molecule has 1 unspecified atom stereocenters. The number of aromatic nitrogens is 1. The van der Waals surface area contributed by atoms with Crippen molar-refractivity contribution in [3.05, 3.63) is 82.4 Å².